The molecule has 2 amide bonds. The lowest BCUT2D eigenvalue weighted by Crippen LogP contribution is -2.37. The van der Waals surface area contributed by atoms with E-state index in [1.807, 2.05) is 36.1 Å². The highest BCUT2D eigenvalue weighted by molar-refractivity contribution is 7.12. The van der Waals surface area contributed by atoms with Crippen LogP contribution in [0.1, 0.15) is 48.4 Å². The average Bonchev–Trinajstić information content (AvgIpc) is 2.89. The smallest absolute Gasteiger partial charge is 0.322 e. The molecular formula is C20H26N2O2S. The van der Waals surface area contributed by atoms with Crippen molar-refractivity contribution in [3.8, 4) is 5.75 Å². The minimum absolute atomic E-state index is 0.0369. The molecule has 1 aliphatic heterocycles. The fraction of sp³-hybridized carbons (Fsp3) is 0.450. The Bertz CT molecular complexity index is 713. The summed E-state index contributed by atoms with van der Waals surface area (Å²) in [5.41, 5.74) is 0.736. The van der Waals surface area contributed by atoms with Gasteiger partial charge in [-0.15, -0.1) is 11.3 Å². The molecule has 0 radical (unpaired) electrons. The van der Waals surface area contributed by atoms with Crippen molar-refractivity contribution in [2.45, 2.75) is 45.6 Å². The van der Waals surface area contributed by atoms with Crippen molar-refractivity contribution < 1.29 is 9.53 Å². The van der Waals surface area contributed by atoms with E-state index in [-0.39, 0.29) is 12.1 Å². The van der Waals surface area contributed by atoms with Crippen LogP contribution in [0.4, 0.5) is 10.5 Å². The molecule has 1 aromatic carbocycles. The quantitative estimate of drug-likeness (QED) is 0.772. The van der Waals surface area contributed by atoms with E-state index in [2.05, 4.69) is 24.4 Å². The van der Waals surface area contributed by atoms with Crippen LogP contribution in [-0.4, -0.2) is 24.1 Å². The zero-order valence-electron chi connectivity index (χ0n) is 15.0. The first kappa shape index (κ1) is 17.8. The zero-order valence-corrected chi connectivity index (χ0v) is 15.8. The van der Waals surface area contributed by atoms with Gasteiger partial charge in [0, 0.05) is 16.3 Å². The van der Waals surface area contributed by atoms with Crippen LogP contribution < -0.4 is 10.1 Å². The molecule has 1 aliphatic rings. The van der Waals surface area contributed by atoms with Gasteiger partial charge in [-0.25, -0.2) is 4.79 Å². The maximum absolute atomic E-state index is 13.0. The van der Waals surface area contributed by atoms with E-state index in [4.69, 9.17) is 4.74 Å². The van der Waals surface area contributed by atoms with E-state index in [1.54, 1.807) is 11.3 Å². The molecule has 0 spiro atoms. The Morgan fingerprint density at radius 2 is 2.08 bits per heavy atom. The Labute approximate surface area is 153 Å². The van der Waals surface area contributed by atoms with Crippen molar-refractivity contribution in [3.05, 3.63) is 46.2 Å². The molecule has 5 heteroatoms. The number of carbonyl (C=O) groups is 1. The fourth-order valence-corrected chi connectivity index (χ4v) is 4.34. The third-order valence-corrected chi connectivity index (χ3v) is 5.63. The Morgan fingerprint density at radius 3 is 2.84 bits per heavy atom. The molecule has 1 saturated heterocycles. The molecule has 1 atom stereocenters. The summed E-state index contributed by atoms with van der Waals surface area (Å²) in [4.78, 5) is 17.6. The van der Waals surface area contributed by atoms with Crippen LogP contribution in [0.25, 0.3) is 0 Å². The molecule has 1 N–H and O–H groups in total. The standard InChI is InChI=1S/C20H26N2O2S/c1-3-24-18-11-7-6-9-16(18)21-20(23)22-14-8-4-5-10-17(22)19-13-12-15(2)25-19/h6-7,9,11-13,17H,3-5,8,10,14H2,1-2H3,(H,21,23)/t17-/m1/s1. The lowest BCUT2D eigenvalue weighted by atomic mass is 10.1. The van der Waals surface area contributed by atoms with Gasteiger partial charge in [0.15, 0.2) is 0 Å². The van der Waals surface area contributed by atoms with Gasteiger partial charge in [-0.2, -0.15) is 0 Å². The number of benzene rings is 1. The van der Waals surface area contributed by atoms with Gasteiger partial charge in [0.2, 0.25) is 0 Å². The Morgan fingerprint density at radius 1 is 1.24 bits per heavy atom. The predicted octanol–water partition coefficient (Wildman–Crippen LogP) is 5.60. The van der Waals surface area contributed by atoms with Gasteiger partial charge in [0.25, 0.3) is 0 Å². The number of nitrogens with zero attached hydrogens (tertiary/aromatic N) is 1. The van der Waals surface area contributed by atoms with Crippen molar-refractivity contribution in [1.29, 1.82) is 0 Å². The number of thiophene rings is 1. The first-order valence-electron chi connectivity index (χ1n) is 9.05. The van der Waals surface area contributed by atoms with Crippen molar-refractivity contribution in [2.75, 3.05) is 18.5 Å². The van der Waals surface area contributed by atoms with Gasteiger partial charge < -0.3 is 15.0 Å². The minimum Gasteiger partial charge on any atom is -0.492 e. The number of rotatable bonds is 4. The number of ether oxygens (including phenoxy) is 1. The van der Waals surface area contributed by atoms with Gasteiger partial charge in [0.1, 0.15) is 5.75 Å². The summed E-state index contributed by atoms with van der Waals surface area (Å²) >= 11 is 1.80. The summed E-state index contributed by atoms with van der Waals surface area (Å²) in [5.74, 6) is 0.719. The second kappa shape index (κ2) is 8.39. The molecule has 0 bridgehead atoms. The van der Waals surface area contributed by atoms with Crippen molar-refractivity contribution in [2.24, 2.45) is 0 Å². The van der Waals surface area contributed by atoms with Crippen molar-refractivity contribution in [3.63, 3.8) is 0 Å². The zero-order chi connectivity index (χ0) is 17.6. The predicted molar refractivity (Wildman–Crippen MR) is 104 cm³/mol. The van der Waals surface area contributed by atoms with Gasteiger partial charge in [-0.1, -0.05) is 25.0 Å². The summed E-state index contributed by atoms with van der Waals surface area (Å²) in [6.07, 6.45) is 4.43. The maximum Gasteiger partial charge on any atom is 0.322 e. The molecule has 134 valence electrons. The van der Waals surface area contributed by atoms with Crippen molar-refractivity contribution >= 4 is 23.1 Å². The number of para-hydroxylation sites is 2. The number of carbonyl (C=O) groups excluding carboxylic acids is 1. The van der Waals surface area contributed by atoms with Crippen LogP contribution in [0.5, 0.6) is 5.75 Å². The van der Waals surface area contributed by atoms with Gasteiger partial charge >= 0.3 is 6.03 Å². The normalized spacial score (nSPS) is 17.8. The topological polar surface area (TPSA) is 41.6 Å². The second-order valence-corrected chi connectivity index (χ2v) is 7.69. The number of likely N-dealkylation sites (tertiary alicyclic amines) is 1. The number of hydrogen-bond acceptors (Lipinski definition) is 3. The summed E-state index contributed by atoms with van der Waals surface area (Å²) in [7, 11) is 0. The lowest BCUT2D eigenvalue weighted by Gasteiger charge is -2.29. The van der Waals surface area contributed by atoms with Crippen molar-refractivity contribution in [1.82, 2.24) is 4.90 Å². The monoisotopic (exact) mass is 358 g/mol. The van der Waals surface area contributed by atoms with Crippen LogP contribution >= 0.6 is 11.3 Å². The van der Waals surface area contributed by atoms with E-state index in [9.17, 15) is 4.79 Å². The molecule has 25 heavy (non-hydrogen) atoms. The van der Waals surface area contributed by atoms with Crippen LogP contribution in [-0.2, 0) is 0 Å². The molecule has 0 unspecified atom stereocenters. The fourth-order valence-electron chi connectivity index (χ4n) is 3.32. The molecule has 4 nitrogen and oxygen atoms in total. The summed E-state index contributed by atoms with van der Waals surface area (Å²) < 4.78 is 5.63. The molecule has 1 aromatic heterocycles. The van der Waals surface area contributed by atoms with E-state index < -0.39 is 0 Å². The van der Waals surface area contributed by atoms with Crippen LogP contribution in [0.3, 0.4) is 0 Å². The van der Waals surface area contributed by atoms with Crippen LogP contribution in [0.15, 0.2) is 36.4 Å². The number of hydrogen-bond donors (Lipinski definition) is 1. The first-order chi connectivity index (χ1) is 12.2. The summed E-state index contributed by atoms with van der Waals surface area (Å²) in [6, 6.07) is 12.1. The van der Waals surface area contributed by atoms with Gasteiger partial charge in [-0.3, -0.25) is 0 Å². The van der Waals surface area contributed by atoms with Crippen LogP contribution in [0.2, 0.25) is 0 Å². The van der Waals surface area contributed by atoms with Gasteiger partial charge in [-0.05, 0) is 51.0 Å². The number of anilines is 1. The Kier molecular flexibility index (Phi) is 5.97. The lowest BCUT2D eigenvalue weighted by molar-refractivity contribution is 0.190. The Hall–Kier alpha value is -2.01. The van der Waals surface area contributed by atoms with Gasteiger partial charge in [0.05, 0.1) is 18.3 Å². The third-order valence-electron chi connectivity index (χ3n) is 4.53. The largest absolute Gasteiger partial charge is 0.492 e. The molecule has 3 rings (SSSR count). The highest BCUT2D eigenvalue weighted by Crippen LogP contribution is 2.35. The van der Waals surface area contributed by atoms with E-state index in [0.717, 1.165) is 30.8 Å². The molecule has 2 aromatic rings. The summed E-state index contributed by atoms with van der Waals surface area (Å²) in [5, 5.41) is 3.07. The second-order valence-electron chi connectivity index (χ2n) is 6.37. The first-order valence-corrected chi connectivity index (χ1v) is 9.86. The average molecular weight is 359 g/mol. The molecule has 0 saturated carbocycles. The molecule has 0 aliphatic carbocycles. The molecule has 2 heterocycles. The number of nitrogens with one attached hydrogen (secondary N) is 1. The highest BCUT2D eigenvalue weighted by atomic mass is 32.1. The Balaban J connectivity index is 1.80. The molecular weight excluding hydrogens is 332 g/mol. The minimum atomic E-state index is -0.0369. The van der Waals surface area contributed by atoms with E-state index in [1.165, 1.54) is 22.6 Å². The maximum atomic E-state index is 13.0. The number of amides is 2. The third kappa shape index (κ3) is 4.34. The number of urea groups is 1. The van der Waals surface area contributed by atoms with Crippen LogP contribution in [0, 0.1) is 6.92 Å². The van der Waals surface area contributed by atoms with E-state index >= 15 is 0 Å². The van der Waals surface area contributed by atoms with E-state index in [0.29, 0.717) is 6.61 Å². The summed E-state index contributed by atoms with van der Waals surface area (Å²) in [6.45, 7) is 5.44. The number of aryl methyl sites for hydroxylation is 1. The molecule has 1 fully saturated rings. The SMILES string of the molecule is CCOc1ccccc1NC(=O)N1CCCCC[C@@H]1c1ccc(C)s1. The highest BCUT2D eigenvalue weighted by Gasteiger charge is 2.28.